The predicted octanol–water partition coefficient (Wildman–Crippen LogP) is -0.226. The molecule has 3 rings (SSSR count). The number of hydrogen-bond donors (Lipinski definition) is 2. The summed E-state index contributed by atoms with van der Waals surface area (Å²) < 4.78 is 0. The summed E-state index contributed by atoms with van der Waals surface area (Å²) in [7, 11) is 0. The van der Waals surface area contributed by atoms with Crippen LogP contribution in [0.2, 0.25) is 0 Å². The van der Waals surface area contributed by atoms with Crippen LogP contribution in [0.3, 0.4) is 0 Å². The number of fused-ring (bicyclic) bond motifs is 2. The lowest BCUT2D eigenvalue weighted by Gasteiger charge is -2.51. The van der Waals surface area contributed by atoms with Crippen LogP contribution in [0.4, 0.5) is 0 Å². The van der Waals surface area contributed by atoms with Crippen molar-refractivity contribution in [3.05, 3.63) is 0 Å². The van der Waals surface area contributed by atoms with Gasteiger partial charge in [0, 0.05) is 19.6 Å². The van der Waals surface area contributed by atoms with Gasteiger partial charge in [0.25, 0.3) is 0 Å². The zero-order valence-corrected chi connectivity index (χ0v) is 7.52. The van der Waals surface area contributed by atoms with Crippen LogP contribution in [0.25, 0.3) is 0 Å². The summed E-state index contributed by atoms with van der Waals surface area (Å²) in [5.41, 5.74) is 0. The summed E-state index contributed by atoms with van der Waals surface area (Å²) in [5, 5.41) is 18.0. The van der Waals surface area contributed by atoms with Crippen LogP contribution in [0, 0.1) is 11.8 Å². The van der Waals surface area contributed by atoms with Crippen LogP contribution < -0.4 is 0 Å². The molecule has 74 valence electrons. The average molecular weight is 185 g/mol. The van der Waals surface area contributed by atoms with Crippen molar-refractivity contribution in [3.8, 4) is 0 Å². The van der Waals surface area contributed by atoms with Crippen LogP contribution in [0.1, 0.15) is 12.8 Å². The molecule has 1 saturated carbocycles. The Hall–Kier alpha value is -0.610. The number of aliphatic carboxylic acids is 1. The maximum absolute atomic E-state index is 10.3. The van der Waals surface area contributed by atoms with Crippen molar-refractivity contribution in [2.45, 2.75) is 18.9 Å². The van der Waals surface area contributed by atoms with E-state index in [0.29, 0.717) is 18.4 Å². The Morgan fingerprint density at radius 3 is 2.46 bits per heavy atom. The molecule has 0 amide bonds. The van der Waals surface area contributed by atoms with Crippen molar-refractivity contribution >= 4 is 5.97 Å². The van der Waals surface area contributed by atoms with Gasteiger partial charge in [0.1, 0.15) is 0 Å². The summed E-state index contributed by atoms with van der Waals surface area (Å²) in [5.74, 6) is 0.0832. The maximum atomic E-state index is 10.3. The van der Waals surface area contributed by atoms with Crippen LogP contribution in [-0.2, 0) is 4.79 Å². The molecule has 0 aromatic carbocycles. The lowest BCUT2D eigenvalue weighted by Crippen LogP contribution is -2.58. The van der Waals surface area contributed by atoms with Gasteiger partial charge >= 0.3 is 5.97 Å². The number of aliphatic hydroxyl groups is 1. The van der Waals surface area contributed by atoms with Gasteiger partial charge < -0.3 is 15.1 Å². The lowest BCUT2D eigenvalue weighted by atomic mass is 9.68. The quantitative estimate of drug-likeness (QED) is 0.638. The van der Waals surface area contributed by atoms with Gasteiger partial charge in [-0.3, -0.25) is 4.79 Å². The maximum Gasteiger partial charge on any atom is 0.304 e. The van der Waals surface area contributed by atoms with Gasteiger partial charge in [-0.1, -0.05) is 0 Å². The third-order valence-corrected chi connectivity index (χ3v) is 3.20. The molecule has 0 aromatic rings. The van der Waals surface area contributed by atoms with Gasteiger partial charge in [-0.2, -0.15) is 0 Å². The van der Waals surface area contributed by atoms with Gasteiger partial charge in [-0.05, 0) is 18.3 Å². The van der Waals surface area contributed by atoms with E-state index in [1.165, 1.54) is 0 Å². The Morgan fingerprint density at radius 1 is 1.38 bits per heavy atom. The highest BCUT2D eigenvalue weighted by Crippen LogP contribution is 2.39. The van der Waals surface area contributed by atoms with E-state index in [4.69, 9.17) is 5.11 Å². The van der Waals surface area contributed by atoms with E-state index >= 15 is 0 Å². The number of aliphatic hydroxyl groups excluding tert-OH is 1. The molecule has 2 saturated heterocycles. The first kappa shape index (κ1) is 8.97. The molecule has 1 aliphatic carbocycles. The fourth-order valence-electron chi connectivity index (χ4n) is 2.40. The normalized spacial score (nSPS) is 38.4. The number of nitrogens with zero attached hydrogens (tertiary/aromatic N) is 1. The molecule has 3 atom stereocenters. The van der Waals surface area contributed by atoms with Crippen LogP contribution in [0.15, 0.2) is 0 Å². The van der Waals surface area contributed by atoms with Crippen molar-refractivity contribution in [2.75, 3.05) is 19.6 Å². The molecule has 3 aliphatic rings. The fourth-order valence-corrected chi connectivity index (χ4v) is 2.40. The van der Waals surface area contributed by atoms with Crippen molar-refractivity contribution in [2.24, 2.45) is 11.8 Å². The fraction of sp³-hybridized carbons (Fsp3) is 0.889. The topological polar surface area (TPSA) is 60.8 Å². The summed E-state index contributed by atoms with van der Waals surface area (Å²) in [6, 6.07) is 0. The van der Waals surface area contributed by atoms with Crippen LogP contribution >= 0.6 is 0 Å². The largest absolute Gasteiger partial charge is 0.481 e. The Balaban J connectivity index is 1.76. The Labute approximate surface area is 77.2 Å². The second-order valence-electron chi connectivity index (χ2n) is 4.15. The lowest BCUT2D eigenvalue weighted by molar-refractivity contribution is -0.139. The molecule has 0 radical (unpaired) electrons. The molecule has 2 N–H and O–H groups in total. The number of piperidine rings is 2. The highest BCUT2D eigenvalue weighted by atomic mass is 16.4. The molecular formula is C9H15NO3. The summed E-state index contributed by atoms with van der Waals surface area (Å²) in [4.78, 5) is 12.5. The third-order valence-electron chi connectivity index (χ3n) is 3.20. The molecule has 4 nitrogen and oxygen atoms in total. The minimum atomic E-state index is -0.736. The van der Waals surface area contributed by atoms with Crippen molar-refractivity contribution in [3.63, 3.8) is 0 Å². The Bertz CT molecular complexity index is 207. The first-order valence-electron chi connectivity index (χ1n) is 4.79. The number of rotatable bonds is 3. The molecule has 13 heavy (non-hydrogen) atoms. The highest BCUT2D eigenvalue weighted by molar-refractivity contribution is 5.66. The Kier molecular flexibility index (Phi) is 2.26. The number of hydrogen-bond acceptors (Lipinski definition) is 3. The van der Waals surface area contributed by atoms with Gasteiger partial charge in [0.05, 0.1) is 12.5 Å². The molecule has 0 spiro atoms. The van der Waals surface area contributed by atoms with E-state index in [2.05, 4.69) is 4.90 Å². The van der Waals surface area contributed by atoms with E-state index in [-0.39, 0.29) is 12.5 Å². The standard InChI is InChI=1S/C9H15NO3/c11-8(12)1-2-10-4-6-3-7(5-10)9(6)13/h6-7,9,13H,1-5H2,(H,11,12)/t6-,7+,9?. The number of carboxylic acid groups (broad SMARTS) is 1. The molecule has 3 fully saturated rings. The van der Waals surface area contributed by atoms with Crippen molar-refractivity contribution in [1.82, 2.24) is 4.90 Å². The van der Waals surface area contributed by atoms with Crippen molar-refractivity contribution in [1.29, 1.82) is 0 Å². The molecule has 2 bridgehead atoms. The second kappa shape index (κ2) is 3.27. The minimum Gasteiger partial charge on any atom is -0.481 e. The third kappa shape index (κ3) is 1.69. The molecule has 0 aromatic heterocycles. The van der Waals surface area contributed by atoms with Crippen molar-refractivity contribution < 1.29 is 15.0 Å². The molecule has 1 unspecified atom stereocenters. The smallest absolute Gasteiger partial charge is 0.304 e. The highest BCUT2D eigenvalue weighted by Gasteiger charge is 2.45. The summed E-state index contributed by atoms with van der Waals surface area (Å²) in [6.07, 6.45) is 1.24. The number of carboxylic acids is 1. The second-order valence-corrected chi connectivity index (χ2v) is 4.15. The predicted molar refractivity (Wildman–Crippen MR) is 46.3 cm³/mol. The monoisotopic (exact) mass is 185 g/mol. The van der Waals surface area contributed by atoms with E-state index < -0.39 is 5.97 Å². The molecule has 2 aliphatic heterocycles. The molecule has 4 heteroatoms. The van der Waals surface area contributed by atoms with E-state index in [0.717, 1.165) is 19.5 Å². The van der Waals surface area contributed by atoms with Gasteiger partial charge in [0.15, 0.2) is 0 Å². The zero-order valence-electron chi connectivity index (χ0n) is 7.52. The van der Waals surface area contributed by atoms with Gasteiger partial charge in [0.2, 0.25) is 0 Å². The first-order chi connectivity index (χ1) is 6.16. The minimum absolute atomic E-state index is 0.110. The Morgan fingerprint density at radius 2 is 2.00 bits per heavy atom. The zero-order chi connectivity index (χ0) is 9.42. The van der Waals surface area contributed by atoms with E-state index in [1.54, 1.807) is 0 Å². The van der Waals surface area contributed by atoms with E-state index in [1.807, 2.05) is 0 Å². The van der Waals surface area contributed by atoms with Crippen LogP contribution in [0.5, 0.6) is 0 Å². The van der Waals surface area contributed by atoms with Gasteiger partial charge in [-0.15, -0.1) is 0 Å². The summed E-state index contributed by atoms with van der Waals surface area (Å²) in [6.45, 7) is 2.39. The SMILES string of the molecule is O=C(O)CCN1C[C@H]2C[C@@H](C1)C2O. The molecular weight excluding hydrogens is 170 g/mol. The van der Waals surface area contributed by atoms with E-state index in [9.17, 15) is 9.90 Å². The number of carbonyl (C=O) groups is 1. The average Bonchev–Trinajstić information content (AvgIpc) is 2.14. The van der Waals surface area contributed by atoms with Crippen LogP contribution in [-0.4, -0.2) is 46.8 Å². The van der Waals surface area contributed by atoms with Gasteiger partial charge in [-0.25, -0.2) is 0 Å². The summed E-state index contributed by atoms with van der Waals surface area (Å²) >= 11 is 0. The molecule has 2 heterocycles. The first-order valence-corrected chi connectivity index (χ1v) is 4.79.